The van der Waals surface area contributed by atoms with Crippen LogP contribution in [0.15, 0.2) is 66.0 Å². The second-order valence-corrected chi connectivity index (χ2v) is 7.37. The van der Waals surface area contributed by atoms with Crippen molar-refractivity contribution in [2.75, 3.05) is 12.4 Å². The zero-order valence-electron chi connectivity index (χ0n) is 15.9. The summed E-state index contributed by atoms with van der Waals surface area (Å²) in [7, 11) is 1.32. The molecule has 6 heteroatoms. The molecule has 1 amide bonds. The first kappa shape index (κ1) is 18.8. The zero-order chi connectivity index (χ0) is 20.4. The Hall–Kier alpha value is -3.51. The minimum absolute atomic E-state index is 0.290. The smallest absolute Gasteiger partial charge is 0.350 e. The average molecular weight is 402 g/mol. The summed E-state index contributed by atoms with van der Waals surface area (Å²) >= 11 is 1.23. The third-order valence-corrected chi connectivity index (χ3v) is 5.59. The van der Waals surface area contributed by atoms with Crippen LogP contribution in [0.3, 0.4) is 0 Å². The zero-order valence-corrected chi connectivity index (χ0v) is 16.7. The fourth-order valence-corrected chi connectivity index (χ4v) is 4.09. The molecule has 0 saturated heterocycles. The summed E-state index contributed by atoms with van der Waals surface area (Å²) in [5, 5.41) is 5.38. The van der Waals surface area contributed by atoms with E-state index in [1.807, 2.05) is 61.5 Å². The fourth-order valence-electron chi connectivity index (χ4n) is 3.32. The molecule has 5 nitrogen and oxygen atoms in total. The molecule has 2 heterocycles. The number of anilines is 1. The van der Waals surface area contributed by atoms with Crippen LogP contribution in [-0.2, 0) is 4.74 Å². The SMILES string of the molecule is COC(=O)c1sccc1NC(=O)c1c(C)c(-c2ccccc2)nc2ccccc12. The van der Waals surface area contributed by atoms with Gasteiger partial charge in [-0.25, -0.2) is 9.78 Å². The van der Waals surface area contributed by atoms with Gasteiger partial charge >= 0.3 is 5.97 Å². The van der Waals surface area contributed by atoms with Crippen LogP contribution in [0.5, 0.6) is 0 Å². The predicted molar refractivity (Wildman–Crippen MR) is 116 cm³/mol. The normalized spacial score (nSPS) is 10.7. The first-order chi connectivity index (χ1) is 14.1. The maximum Gasteiger partial charge on any atom is 0.350 e. The molecule has 0 radical (unpaired) electrons. The Morgan fingerprint density at radius 1 is 1.00 bits per heavy atom. The molecule has 0 spiro atoms. The number of nitrogens with one attached hydrogen (secondary N) is 1. The van der Waals surface area contributed by atoms with Gasteiger partial charge in [0, 0.05) is 10.9 Å². The topological polar surface area (TPSA) is 68.3 Å². The van der Waals surface area contributed by atoms with Crippen molar-refractivity contribution in [3.05, 3.63) is 82.0 Å². The lowest BCUT2D eigenvalue weighted by molar-refractivity contribution is 0.0607. The van der Waals surface area contributed by atoms with Crippen LogP contribution in [0, 0.1) is 6.92 Å². The quantitative estimate of drug-likeness (QED) is 0.470. The van der Waals surface area contributed by atoms with E-state index in [0.29, 0.717) is 16.1 Å². The summed E-state index contributed by atoms with van der Waals surface area (Å²) in [5.74, 6) is -0.765. The minimum atomic E-state index is -0.475. The number of ether oxygens (including phenoxy) is 1. The van der Waals surface area contributed by atoms with E-state index in [4.69, 9.17) is 9.72 Å². The van der Waals surface area contributed by atoms with Gasteiger partial charge in [0.15, 0.2) is 0 Å². The van der Waals surface area contributed by atoms with Crippen LogP contribution in [-0.4, -0.2) is 24.0 Å². The number of rotatable bonds is 4. The van der Waals surface area contributed by atoms with E-state index in [0.717, 1.165) is 27.7 Å². The maximum atomic E-state index is 13.3. The number of amides is 1. The second kappa shape index (κ2) is 7.85. The summed E-state index contributed by atoms with van der Waals surface area (Å²) < 4.78 is 4.80. The largest absolute Gasteiger partial charge is 0.465 e. The number of hydrogen-bond acceptors (Lipinski definition) is 5. The molecule has 2 aromatic carbocycles. The Labute approximate surface area is 172 Å². The number of thiophene rings is 1. The number of benzene rings is 2. The highest BCUT2D eigenvalue weighted by Gasteiger charge is 2.21. The van der Waals surface area contributed by atoms with Gasteiger partial charge in [-0.15, -0.1) is 11.3 Å². The molecule has 4 aromatic rings. The van der Waals surface area contributed by atoms with E-state index in [-0.39, 0.29) is 5.91 Å². The summed E-state index contributed by atoms with van der Waals surface area (Å²) in [4.78, 5) is 30.4. The van der Waals surface area contributed by atoms with E-state index < -0.39 is 5.97 Å². The number of para-hydroxylation sites is 1. The van der Waals surface area contributed by atoms with Crippen molar-refractivity contribution in [2.24, 2.45) is 0 Å². The first-order valence-corrected chi connectivity index (χ1v) is 9.90. The number of carbonyl (C=O) groups is 2. The van der Waals surface area contributed by atoms with Gasteiger partial charge in [0.25, 0.3) is 5.91 Å². The van der Waals surface area contributed by atoms with Crippen LogP contribution in [0.1, 0.15) is 25.6 Å². The molecule has 0 aliphatic heterocycles. The second-order valence-electron chi connectivity index (χ2n) is 6.45. The van der Waals surface area contributed by atoms with Crippen LogP contribution >= 0.6 is 11.3 Å². The number of carbonyl (C=O) groups excluding carboxylic acids is 2. The number of hydrogen-bond donors (Lipinski definition) is 1. The molecular weight excluding hydrogens is 384 g/mol. The van der Waals surface area contributed by atoms with Gasteiger partial charge in [0.2, 0.25) is 0 Å². The predicted octanol–water partition coefficient (Wildman–Crippen LogP) is 5.31. The third kappa shape index (κ3) is 3.50. The Morgan fingerprint density at radius 3 is 2.48 bits per heavy atom. The number of nitrogens with zero attached hydrogens (tertiary/aromatic N) is 1. The van der Waals surface area contributed by atoms with E-state index in [2.05, 4.69) is 5.32 Å². The molecule has 0 aliphatic carbocycles. The Bertz CT molecular complexity index is 1220. The Kier molecular flexibility index (Phi) is 5.10. The van der Waals surface area contributed by atoms with E-state index in [1.54, 1.807) is 11.4 Å². The average Bonchev–Trinajstić information content (AvgIpc) is 3.21. The van der Waals surface area contributed by atoms with Crippen molar-refractivity contribution in [3.63, 3.8) is 0 Å². The number of methoxy groups -OCH3 is 1. The minimum Gasteiger partial charge on any atom is -0.465 e. The van der Waals surface area contributed by atoms with E-state index in [1.165, 1.54) is 18.4 Å². The molecule has 0 saturated carbocycles. The number of pyridine rings is 1. The molecule has 0 aliphatic rings. The fraction of sp³-hybridized carbons (Fsp3) is 0.0870. The van der Waals surface area contributed by atoms with Gasteiger partial charge in [-0.1, -0.05) is 48.5 Å². The highest BCUT2D eigenvalue weighted by atomic mass is 32.1. The number of fused-ring (bicyclic) bond motifs is 1. The van der Waals surface area contributed by atoms with E-state index in [9.17, 15) is 9.59 Å². The molecule has 0 atom stereocenters. The maximum absolute atomic E-state index is 13.3. The van der Waals surface area contributed by atoms with Gasteiger partial charge in [-0.3, -0.25) is 4.79 Å². The molecule has 0 bridgehead atoms. The summed E-state index contributed by atoms with van der Waals surface area (Å²) in [5.41, 5.74) is 4.19. The highest BCUT2D eigenvalue weighted by Crippen LogP contribution is 2.31. The lowest BCUT2D eigenvalue weighted by Crippen LogP contribution is -2.16. The van der Waals surface area contributed by atoms with Gasteiger partial charge in [0.05, 0.1) is 29.6 Å². The molecular formula is C23H18N2O3S. The monoisotopic (exact) mass is 402 g/mol. The van der Waals surface area contributed by atoms with Crippen molar-refractivity contribution >= 4 is 39.8 Å². The van der Waals surface area contributed by atoms with Crippen molar-refractivity contribution < 1.29 is 14.3 Å². The van der Waals surface area contributed by atoms with Crippen LogP contribution in [0.2, 0.25) is 0 Å². The number of esters is 1. The third-order valence-electron chi connectivity index (χ3n) is 4.69. The van der Waals surface area contributed by atoms with Gasteiger partial charge < -0.3 is 10.1 Å². The van der Waals surface area contributed by atoms with Crippen LogP contribution in [0.4, 0.5) is 5.69 Å². The van der Waals surface area contributed by atoms with Gasteiger partial charge in [0.1, 0.15) is 4.88 Å². The summed E-state index contributed by atoms with van der Waals surface area (Å²) in [6.07, 6.45) is 0. The van der Waals surface area contributed by atoms with E-state index >= 15 is 0 Å². The van der Waals surface area contributed by atoms with Crippen LogP contribution in [0.25, 0.3) is 22.2 Å². The summed E-state index contributed by atoms with van der Waals surface area (Å²) in [6, 6.07) is 19.0. The lowest BCUT2D eigenvalue weighted by atomic mass is 9.97. The summed E-state index contributed by atoms with van der Waals surface area (Å²) in [6.45, 7) is 1.89. The molecule has 4 rings (SSSR count). The Balaban J connectivity index is 1.85. The van der Waals surface area contributed by atoms with Crippen molar-refractivity contribution in [1.29, 1.82) is 0 Å². The molecule has 0 fully saturated rings. The van der Waals surface area contributed by atoms with Crippen LogP contribution < -0.4 is 5.32 Å². The molecule has 2 aromatic heterocycles. The number of aromatic nitrogens is 1. The molecule has 29 heavy (non-hydrogen) atoms. The molecule has 0 unspecified atom stereocenters. The highest BCUT2D eigenvalue weighted by molar-refractivity contribution is 7.12. The van der Waals surface area contributed by atoms with Gasteiger partial charge in [-0.05, 0) is 30.0 Å². The molecule has 144 valence electrons. The standard InChI is InChI=1S/C23H18N2O3S/c1-14-19(22(26)25-18-12-13-29-21(18)23(27)28-2)16-10-6-7-11-17(16)24-20(14)15-8-4-3-5-9-15/h3-13H,1-2H3,(H,25,26). The van der Waals surface area contributed by atoms with Gasteiger partial charge in [-0.2, -0.15) is 0 Å². The van der Waals surface area contributed by atoms with Crippen molar-refractivity contribution in [3.8, 4) is 11.3 Å². The van der Waals surface area contributed by atoms with Crippen molar-refractivity contribution in [2.45, 2.75) is 6.92 Å². The first-order valence-electron chi connectivity index (χ1n) is 9.02. The Morgan fingerprint density at radius 2 is 1.72 bits per heavy atom. The van der Waals surface area contributed by atoms with Crippen molar-refractivity contribution in [1.82, 2.24) is 4.98 Å². The lowest BCUT2D eigenvalue weighted by Gasteiger charge is -2.15. The molecule has 1 N–H and O–H groups in total.